The molecular weight excluding hydrogens is 506 g/mol. The first-order valence-electron chi connectivity index (χ1n) is 11.3. The van der Waals surface area contributed by atoms with Crippen LogP contribution < -0.4 is 15.6 Å². The normalized spacial score (nSPS) is 15.0. The lowest BCUT2D eigenvalue weighted by molar-refractivity contribution is 0.473. The van der Waals surface area contributed by atoms with Gasteiger partial charge in [0.2, 0.25) is 10.0 Å². The Kier molecular flexibility index (Phi) is 6.56. The van der Waals surface area contributed by atoms with Crippen molar-refractivity contribution in [1.29, 1.82) is 0 Å². The summed E-state index contributed by atoms with van der Waals surface area (Å²) in [5, 5.41) is 13.4. The van der Waals surface area contributed by atoms with Crippen LogP contribution in [0.15, 0.2) is 50.6 Å². The van der Waals surface area contributed by atoms with E-state index in [1.165, 1.54) is 36.7 Å². The quantitative estimate of drug-likeness (QED) is 0.418. The van der Waals surface area contributed by atoms with Gasteiger partial charge < -0.3 is 10.4 Å². The summed E-state index contributed by atoms with van der Waals surface area (Å²) in [6, 6.07) is 7.12. The Morgan fingerprint density at radius 1 is 1.17 bits per heavy atom. The number of amidine groups is 1. The topological polar surface area (TPSA) is 160 Å². The minimum absolute atomic E-state index is 0.0575. The first-order chi connectivity index (χ1) is 16.8. The van der Waals surface area contributed by atoms with Gasteiger partial charge in [0.1, 0.15) is 21.9 Å². The van der Waals surface area contributed by atoms with Crippen molar-refractivity contribution in [2.24, 2.45) is 10.3 Å². The van der Waals surface area contributed by atoms with Crippen molar-refractivity contribution < 1.29 is 21.9 Å². The molecule has 3 heterocycles. The number of benzene rings is 1. The number of aryl methyl sites for hydroxylation is 1. The Morgan fingerprint density at radius 3 is 2.56 bits per heavy atom. The molecule has 11 nitrogen and oxygen atoms in total. The first kappa shape index (κ1) is 25.6. The summed E-state index contributed by atoms with van der Waals surface area (Å²) in [7, 11) is -8.05. The number of sulfonamides is 2. The lowest BCUT2D eigenvalue weighted by Gasteiger charge is -2.21. The largest absolute Gasteiger partial charge is 0.506 e. The molecule has 36 heavy (non-hydrogen) atoms. The van der Waals surface area contributed by atoms with Crippen molar-refractivity contribution in [3.8, 4) is 5.75 Å². The summed E-state index contributed by atoms with van der Waals surface area (Å²) in [6.07, 6.45) is 2.17. The molecule has 3 N–H and O–H groups in total. The van der Waals surface area contributed by atoms with Crippen molar-refractivity contribution in [3.63, 3.8) is 0 Å². The molecule has 0 bridgehead atoms. The third kappa shape index (κ3) is 4.67. The summed E-state index contributed by atoms with van der Waals surface area (Å²) < 4.78 is 58.1. The fourth-order valence-electron chi connectivity index (χ4n) is 3.68. The van der Waals surface area contributed by atoms with Gasteiger partial charge in [0.15, 0.2) is 5.84 Å². The summed E-state index contributed by atoms with van der Waals surface area (Å²) in [4.78, 5) is 17.5. The highest BCUT2D eigenvalue weighted by atomic mass is 32.2. The van der Waals surface area contributed by atoms with Crippen LogP contribution in [-0.4, -0.2) is 42.6 Å². The second-order valence-corrected chi connectivity index (χ2v) is 13.0. The Labute approximate surface area is 209 Å². The van der Waals surface area contributed by atoms with E-state index in [2.05, 4.69) is 19.4 Å². The smallest absolute Gasteiger partial charge is 0.286 e. The number of fused-ring (bicyclic) bond motifs is 2. The van der Waals surface area contributed by atoms with Gasteiger partial charge in [-0.15, -0.1) is 4.40 Å². The Morgan fingerprint density at radius 2 is 1.89 bits per heavy atom. The SMILES string of the molecule is CC(C)CCn1c(=O)c(C2=NS(=O)(=O)c3cc(NS(=O)(=O)C(C)C)ccc3N2)c(O)c2cccnc21. The molecule has 0 fully saturated rings. The number of aromatic hydroxyl groups is 1. The van der Waals surface area contributed by atoms with E-state index in [4.69, 9.17) is 0 Å². The van der Waals surface area contributed by atoms with Gasteiger partial charge >= 0.3 is 0 Å². The number of nitrogens with zero attached hydrogens (tertiary/aromatic N) is 3. The van der Waals surface area contributed by atoms with Crippen LogP contribution in [0.2, 0.25) is 0 Å². The van der Waals surface area contributed by atoms with E-state index in [9.17, 15) is 26.7 Å². The van der Waals surface area contributed by atoms with Crippen LogP contribution in [0.5, 0.6) is 5.75 Å². The van der Waals surface area contributed by atoms with Crippen LogP contribution in [0.25, 0.3) is 11.0 Å². The number of rotatable bonds is 7. The van der Waals surface area contributed by atoms with Gasteiger partial charge in [-0.05, 0) is 56.5 Å². The molecule has 0 saturated heterocycles. The zero-order chi connectivity index (χ0) is 26.4. The third-order valence-corrected chi connectivity index (χ3v) is 8.84. The maximum absolute atomic E-state index is 13.5. The number of hydrogen-bond acceptors (Lipinski definition) is 8. The predicted molar refractivity (Wildman–Crippen MR) is 139 cm³/mol. The van der Waals surface area contributed by atoms with Gasteiger partial charge in [-0.25, -0.2) is 13.4 Å². The molecule has 1 aliphatic heterocycles. The van der Waals surface area contributed by atoms with Crippen LogP contribution in [-0.2, 0) is 26.6 Å². The van der Waals surface area contributed by atoms with Crippen LogP contribution >= 0.6 is 0 Å². The van der Waals surface area contributed by atoms with E-state index in [-0.39, 0.29) is 44.6 Å². The molecule has 0 amide bonds. The fraction of sp³-hybridized carbons (Fsp3) is 0.348. The van der Waals surface area contributed by atoms with Crippen molar-refractivity contribution in [3.05, 3.63) is 52.4 Å². The Bertz CT molecular complexity index is 1660. The van der Waals surface area contributed by atoms with Crippen LogP contribution in [0.3, 0.4) is 0 Å². The van der Waals surface area contributed by atoms with Crippen LogP contribution in [0, 0.1) is 5.92 Å². The monoisotopic (exact) mass is 533 g/mol. The van der Waals surface area contributed by atoms with Gasteiger partial charge in [0.25, 0.3) is 15.6 Å². The summed E-state index contributed by atoms with van der Waals surface area (Å²) in [5.41, 5.74) is -0.497. The number of pyridine rings is 2. The van der Waals surface area contributed by atoms with E-state index in [0.29, 0.717) is 13.0 Å². The van der Waals surface area contributed by atoms with Gasteiger partial charge in [-0.1, -0.05) is 13.8 Å². The summed E-state index contributed by atoms with van der Waals surface area (Å²) in [5.74, 6) is -0.479. The third-order valence-electron chi connectivity index (χ3n) is 5.76. The molecule has 0 aliphatic carbocycles. The van der Waals surface area contributed by atoms with Crippen LogP contribution in [0.1, 0.15) is 39.7 Å². The molecule has 13 heteroatoms. The maximum Gasteiger partial charge on any atom is 0.286 e. The molecule has 0 saturated carbocycles. The molecular formula is C23H27N5O6S2. The van der Waals surface area contributed by atoms with E-state index in [1.54, 1.807) is 12.1 Å². The Balaban J connectivity index is 1.85. The lowest BCUT2D eigenvalue weighted by Crippen LogP contribution is -2.33. The number of anilines is 2. The highest BCUT2D eigenvalue weighted by molar-refractivity contribution is 7.93. The average Bonchev–Trinajstić information content (AvgIpc) is 2.78. The van der Waals surface area contributed by atoms with Gasteiger partial charge in [-0.2, -0.15) is 8.42 Å². The number of nitrogens with one attached hydrogen (secondary N) is 2. The van der Waals surface area contributed by atoms with Crippen molar-refractivity contribution in [2.75, 3.05) is 10.0 Å². The summed E-state index contributed by atoms with van der Waals surface area (Å²) in [6.45, 7) is 7.32. The second kappa shape index (κ2) is 9.21. The molecule has 0 unspecified atom stereocenters. The highest BCUT2D eigenvalue weighted by Crippen LogP contribution is 2.34. The minimum atomic E-state index is -4.35. The molecule has 4 rings (SSSR count). The van der Waals surface area contributed by atoms with Crippen molar-refractivity contribution in [1.82, 2.24) is 9.55 Å². The van der Waals surface area contributed by atoms with Gasteiger partial charge in [0.05, 0.1) is 16.3 Å². The van der Waals surface area contributed by atoms with E-state index in [0.717, 1.165) is 6.07 Å². The standard InChI is InChI=1S/C23H27N5O6S2/c1-13(2)9-11-28-22-16(6-5-10-24-22)20(29)19(23(28)30)21-25-17-8-7-15(26-35(31,32)14(3)4)12-18(17)36(33,34)27-21/h5-8,10,12-14,26,29H,9,11H2,1-4H3,(H,25,27). The van der Waals surface area contributed by atoms with Gasteiger partial charge in [-0.3, -0.25) is 14.1 Å². The van der Waals surface area contributed by atoms with Crippen molar-refractivity contribution >= 4 is 48.3 Å². The van der Waals surface area contributed by atoms with Gasteiger partial charge in [0, 0.05) is 18.4 Å². The Hall–Kier alpha value is -3.45. The second-order valence-electron chi connectivity index (χ2n) is 9.18. The zero-order valence-corrected chi connectivity index (χ0v) is 21.8. The van der Waals surface area contributed by atoms with E-state index in [1.807, 2.05) is 13.8 Å². The molecule has 2 aromatic heterocycles. The molecule has 3 aromatic rings. The zero-order valence-electron chi connectivity index (χ0n) is 20.2. The van der Waals surface area contributed by atoms with Crippen LogP contribution in [0.4, 0.5) is 11.4 Å². The predicted octanol–water partition coefficient (Wildman–Crippen LogP) is 2.86. The molecule has 0 radical (unpaired) electrons. The highest BCUT2D eigenvalue weighted by Gasteiger charge is 2.31. The van der Waals surface area contributed by atoms with E-state index >= 15 is 0 Å². The lowest BCUT2D eigenvalue weighted by atomic mass is 10.1. The fourth-order valence-corrected chi connectivity index (χ4v) is 5.52. The summed E-state index contributed by atoms with van der Waals surface area (Å²) >= 11 is 0. The number of aromatic nitrogens is 2. The molecule has 0 atom stereocenters. The molecule has 1 aliphatic rings. The first-order valence-corrected chi connectivity index (χ1v) is 14.3. The van der Waals surface area contributed by atoms with E-state index < -0.39 is 36.6 Å². The van der Waals surface area contributed by atoms with Crippen molar-refractivity contribution in [2.45, 2.75) is 50.8 Å². The minimum Gasteiger partial charge on any atom is -0.506 e. The average molecular weight is 534 g/mol. The maximum atomic E-state index is 13.5. The molecule has 1 aromatic carbocycles. The number of hydrogen-bond donors (Lipinski definition) is 3. The molecule has 0 spiro atoms. The molecule has 192 valence electrons.